The topological polar surface area (TPSA) is 66.0 Å². The molecule has 1 heterocycles. The van der Waals surface area contributed by atoms with E-state index in [1.807, 2.05) is 42.5 Å². The molecule has 90 valence electrons. The second-order valence-corrected chi connectivity index (χ2v) is 4.66. The molecule has 17 heavy (non-hydrogen) atoms. The van der Waals surface area contributed by atoms with Crippen molar-refractivity contribution in [3.8, 4) is 6.07 Å². The highest BCUT2D eigenvalue weighted by molar-refractivity contribution is 14.1. The van der Waals surface area contributed by atoms with Gasteiger partial charge in [-0.1, -0.05) is 6.92 Å². The van der Waals surface area contributed by atoms with Crippen LogP contribution in [0, 0.1) is 15.1 Å². The predicted molar refractivity (Wildman–Crippen MR) is 72.9 cm³/mol. The summed E-state index contributed by atoms with van der Waals surface area (Å²) in [6.45, 7) is 3.86. The molecule has 1 N–H and O–H groups in total. The van der Waals surface area contributed by atoms with Gasteiger partial charge in [-0.3, -0.25) is 4.79 Å². The molecular weight excluding hydrogens is 331 g/mol. The molecule has 0 aromatic carbocycles. The van der Waals surface area contributed by atoms with E-state index in [9.17, 15) is 4.79 Å². The van der Waals surface area contributed by atoms with Crippen molar-refractivity contribution in [1.82, 2.24) is 5.32 Å². The first-order valence-corrected chi connectivity index (χ1v) is 6.32. The summed E-state index contributed by atoms with van der Waals surface area (Å²) >= 11 is 2.02. The molecule has 0 saturated heterocycles. The normalized spacial score (nSPS) is 12.9. The van der Waals surface area contributed by atoms with Gasteiger partial charge >= 0.3 is 0 Å². The maximum absolute atomic E-state index is 11.7. The Kier molecular flexibility index (Phi) is 5.22. The summed E-state index contributed by atoms with van der Waals surface area (Å²) in [5.74, 6) is 0.138. The quantitative estimate of drug-likeness (QED) is 0.519. The van der Waals surface area contributed by atoms with Gasteiger partial charge in [0.25, 0.3) is 5.91 Å². The van der Waals surface area contributed by atoms with Crippen molar-refractivity contribution >= 4 is 34.6 Å². The molecule has 1 aromatic rings. The molecule has 4 nitrogen and oxygen atoms in total. The van der Waals surface area contributed by atoms with Gasteiger partial charge in [-0.2, -0.15) is 5.26 Å². The van der Waals surface area contributed by atoms with E-state index >= 15 is 0 Å². The number of nitrogens with zero attached hydrogens (tertiary/aromatic N) is 1. The summed E-state index contributed by atoms with van der Waals surface area (Å²) in [7, 11) is 0. The van der Waals surface area contributed by atoms with Crippen molar-refractivity contribution in [1.29, 1.82) is 5.26 Å². The van der Waals surface area contributed by atoms with Crippen molar-refractivity contribution < 1.29 is 9.21 Å². The van der Waals surface area contributed by atoms with E-state index in [2.05, 4.69) is 5.32 Å². The standard InChI is InChI=1S/C12H13IN2O2/c1-3-8(2)15-12(16)9(7-14)6-10-4-5-11(13)17-10/h4-6,8H,3H2,1-2H3,(H,15,16)/b9-6+/t8-/m1/s1. The maximum atomic E-state index is 11.7. The Morgan fingerprint density at radius 2 is 2.41 bits per heavy atom. The molecule has 0 spiro atoms. The summed E-state index contributed by atoms with van der Waals surface area (Å²) in [5, 5.41) is 11.7. The van der Waals surface area contributed by atoms with Crippen molar-refractivity contribution in [3.05, 3.63) is 27.2 Å². The summed E-state index contributed by atoms with van der Waals surface area (Å²) in [6, 6.07) is 5.42. The number of rotatable bonds is 4. The van der Waals surface area contributed by atoms with Gasteiger partial charge in [0.15, 0.2) is 3.77 Å². The Labute approximate surface area is 114 Å². The average molecular weight is 344 g/mol. The zero-order valence-electron chi connectivity index (χ0n) is 9.66. The maximum Gasteiger partial charge on any atom is 0.262 e. The van der Waals surface area contributed by atoms with E-state index in [0.717, 1.165) is 6.42 Å². The van der Waals surface area contributed by atoms with Crippen molar-refractivity contribution in [2.45, 2.75) is 26.3 Å². The lowest BCUT2D eigenvalue weighted by atomic mass is 10.2. The molecular formula is C12H13IN2O2. The summed E-state index contributed by atoms with van der Waals surface area (Å²) in [4.78, 5) is 11.7. The first-order valence-electron chi connectivity index (χ1n) is 5.24. The molecule has 1 atom stereocenters. The van der Waals surface area contributed by atoms with Gasteiger partial charge < -0.3 is 9.73 Å². The summed E-state index contributed by atoms with van der Waals surface area (Å²) in [5.41, 5.74) is 0.0519. The Bertz CT molecular complexity index is 471. The SMILES string of the molecule is CC[C@@H](C)NC(=O)/C(C#N)=C/c1ccc(I)o1. The van der Waals surface area contributed by atoms with E-state index in [4.69, 9.17) is 9.68 Å². The van der Waals surface area contributed by atoms with Gasteiger partial charge in [0, 0.05) is 12.1 Å². The molecule has 1 amide bonds. The minimum atomic E-state index is -0.367. The molecule has 0 fully saturated rings. The lowest BCUT2D eigenvalue weighted by molar-refractivity contribution is -0.117. The smallest absolute Gasteiger partial charge is 0.262 e. The molecule has 1 aromatic heterocycles. The van der Waals surface area contributed by atoms with Crippen LogP contribution in [0.15, 0.2) is 22.1 Å². The number of hydrogen-bond donors (Lipinski definition) is 1. The van der Waals surface area contributed by atoms with Crippen LogP contribution in [-0.2, 0) is 4.79 Å². The fraction of sp³-hybridized carbons (Fsp3) is 0.333. The van der Waals surface area contributed by atoms with E-state index in [1.165, 1.54) is 6.08 Å². The summed E-state index contributed by atoms with van der Waals surface area (Å²) < 4.78 is 5.99. The fourth-order valence-corrected chi connectivity index (χ4v) is 1.53. The molecule has 5 heteroatoms. The van der Waals surface area contributed by atoms with Crippen LogP contribution in [0.4, 0.5) is 0 Å². The fourth-order valence-electron chi connectivity index (χ4n) is 1.10. The minimum absolute atomic E-state index is 0.0518. The highest BCUT2D eigenvalue weighted by Gasteiger charge is 2.12. The number of nitrogens with one attached hydrogen (secondary N) is 1. The Morgan fingerprint density at radius 3 is 2.88 bits per heavy atom. The van der Waals surface area contributed by atoms with Gasteiger partial charge in [0.1, 0.15) is 17.4 Å². The van der Waals surface area contributed by atoms with Crippen molar-refractivity contribution in [2.24, 2.45) is 0 Å². The summed E-state index contributed by atoms with van der Waals surface area (Å²) in [6.07, 6.45) is 2.27. The van der Waals surface area contributed by atoms with E-state index in [0.29, 0.717) is 9.53 Å². The second-order valence-electron chi connectivity index (χ2n) is 3.59. The Balaban J connectivity index is 2.82. The first-order chi connectivity index (χ1) is 8.06. The lowest BCUT2D eigenvalue weighted by Crippen LogP contribution is -2.32. The van der Waals surface area contributed by atoms with Gasteiger partial charge in [0.2, 0.25) is 0 Å². The molecule has 0 radical (unpaired) electrons. The number of carbonyl (C=O) groups excluding carboxylic acids is 1. The average Bonchev–Trinajstić information content (AvgIpc) is 2.71. The van der Waals surface area contributed by atoms with Crippen LogP contribution < -0.4 is 5.32 Å². The van der Waals surface area contributed by atoms with Gasteiger partial charge in [-0.25, -0.2) is 0 Å². The van der Waals surface area contributed by atoms with Crippen LogP contribution in [0.3, 0.4) is 0 Å². The molecule has 1 rings (SSSR count). The molecule has 0 aliphatic heterocycles. The van der Waals surface area contributed by atoms with Gasteiger partial charge in [-0.15, -0.1) is 0 Å². The van der Waals surface area contributed by atoms with Crippen LogP contribution in [-0.4, -0.2) is 11.9 Å². The predicted octanol–water partition coefficient (Wildman–Crippen LogP) is 2.71. The van der Waals surface area contributed by atoms with E-state index in [1.54, 1.807) is 12.1 Å². The lowest BCUT2D eigenvalue weighted by Gasteiger charge is -2.09. The minimum Gasteiger partial charge on any atom is -0.451 e. The number of furan rings is 1. The third-order valence-corrected chi connectivity index (χ3v) is 2.82. The molecule has 0 saturated carbocycles. The van der Waals surface area contributed by atoms with Crippen LogP contribution >= 0.6 is 22.6 Å². The largest absolute Gasteiger partial charge is 0.451 e. The molecule has 0 aliphatic carbocycles. The zero-order valence-corrected chi connectivity index (χ0v) is 11.8. The number of halogens is 1. The molecule has 0 bridgehead atoms. The number of nitriles is 1. The number of hydrogen-bond acceptors (Lipinski definition) is 3. The van der Waals surface area contributed by atoms with Gasteiger partial charge in [-0.05, 0) is 48.1 Å². The molecule has 0 unspecified atom stereocenters. The second kappa shape index (κ2) is 6.45. The first kappa shape index (κ1) is 13.8. The highest BCUT2D eigenvalue weighted by Crippen LogP contribution is 2.13. The molecule has 0 aliphatic rings. The zero-order chi connectivity index (χ0) is 12.8. The third-order valence-electron chi connectivity index (χ3n) is 2.24. The number of carbonyl (C=O) groups is 1. The van der Waals surface area contributed by atoms with Crippen LogP contribution in [0.5, 0.6) is 0 Å². The highest BCUT2D eigenvalue weighted by atomic mass is 127. The van der Waals surface area contributed by atoms with Crippen LogP contribution in [0.1, 0.15) is 26.0 Å². The van der Waals surface area contributed by atoms with E-state index in [-0.39, 0.29) is 17.5 Å². The van der Waals surface area contributed by atoms with E-state index < -0.39 is 0 Å². The van der Waals surface area contributed by atoms with Crippen LogP contribution in [0.2, 0.25) is 0 Å². The Hall–Kier alpha value is -1.29. The number of amides is 1. The Morgan fingerprint density at radius 1 is 1.71 bits per heavy atom. The van der Waals surface area contributed by atoms with Crippen molar-refractivity contribution in [2.75, 3.05) is 0 Å². The third kappa shape index (κ3) is 4.23. The monoisotopic (exact) mass is 344 g/mol. The van der Waals surface area contributed by atoms with Gasteiger partial charge in [0.05, 0.1) is 0 Å². The van der Waals surface area contributed by atoms with Crippen molar-refractivity contribution in [3.63, 3.8) is 0 Å². The van der Waals surface area contributed by atoms with Crippen LogP contribution in [0.25, 0.3) is 6.08 Å².